The molecule has 2 heteroatoms. The van der Waals surface area contributed by atoms with Gasteiger partial charge < -0.3 is 4.74 Å². The van der Waals surface area contributed by atoms with Crippen molar-refractivity contribution in [3.63, 3.8) is 0 Å². The van der Waals surface area contributed by atoms with Crippen molar-refractivity contribution in [2.75, 3.05) is 6.61 Å². The highest BCUT2D eigenvalue weighted by Crippen LogP contribution is 2.04. The molecule has 0 bridgehead atoms. The molecule has 0 amide bonds. The first-order valence-corrected chi connectivity index (χ1v) is 6.06. The fourth-order valence-electron chi connectivity index (χ4n) is 1.45. The van der Waals surface area contributed by atoms with E-state index in [-0.39, 0.29) is 0 Å². The van der Waals surface area contributed by atoms with Gasteiger partial charge in [-0.25, -0.2) is 0 Å². The van der Waals surface area contributed by atoms with Crippen LogP contribution < -0.4 is 0 Å². The van der Waals surface area contributed by atoms with Crippen molar-refractivity contribution in [2.45, 2.75) is 39.7 Å². The summed E-state index contributed by atoms with van der Waals surface area (Å²) in [6, 6.07) is 10.3. The molecule has 1 rings (SSSR count). The zero-order valence-electron chi connectivity index (χ0n) is 10.3. The van der Waals surface area contributed by atoms with E-state index in [0.29, 0.717) is 6.61 Å². The first-order valence-electron chi connectivity index (χ1n) is 6.06. The van der Waals surface area contributed by atoms with Crippen molar-refractivity contribution in [3.8, 4) is 0 Å². The number of aliphatic imine (C=N–C) groups is 1. The fraction of sp³-hybridized carbons (Fsp3) is 0.500. The van der Waals surface area contributed by atoms with Crippen LogP contribution in [0.1, 0.15) is 38.7 Å². The van der Waals surface area contributed by atoms with Crippen LogP contribution in [0, 0.1) is 0 Å². The van der Waals surface area contributed by atoms with Crippen molar-refractivity contribution in [1.82, 2.24) is 0 Å². The van der Waals surface area contributed by atoms with Gasteiger partial charge >= 0.3 is 0 Å². The van der Waals surface area contributed by atoms with Gasteiger partial charge in [0.15, 0.2) is 5.90 Å². The van der Waals surface area contributed by atoms with Crippen LogP contribution in [0.2, 0.25) is 0 Å². The minimum Gasteiger partial charge on any atom is -0.481 e. The topological polar surface area (TPSA) is 21.6 Å². The summed E-state index contributed by atoms with van der Waals surface area (Å²) in [5.41, 5.74) is 1.23. The summed E-state index contributed by atoms with van der Waals surface area (Å²) in [6.07, 6.45) is 3.28. The Balaban J connectivity index is 2.50. The summed E-state index contributed by atoms with van der Waals surface area (Å²) in [5.74, 6) is 0.896. The summed E-state index contributed by atoms with van der Waals surface area (Å²) >= 11 is 0. The Hall–Kier alpha value is -1.31. The molecule has 0 aliphatic carbocycles. The van der Waals surface area contributed by atoms with Gasteiger partial charge in [0.25, 0.3) is 0 Å². The molecule has 0 atom stereocenters. The predicted molar refractivity (Wildman–Crippen MR) is 68.7 cm³/mol. The lowest BCUT2D eigenvalue weighted by Crippen LogP contribution is -2.05. The van der Waals surface area contributed by atoms with E-state index in [1.165, 1.54) is 12.0 Å². The molecule has 0 spiro atoms. The molecule has 0 radical (unpaired) electrons. The molecular formula is C14H21NO. The van der Waals surface area contributed by atoms with Gasteiger partial charge in [-0.3, -0.25) is 4.99 Å². The lowest BCUT2D eigenvalue weighted by molar-refractivity contribution is 0.314. The third-order valence-corrected chi connectivity index (χ3v) is 2.34. The molecule has 88 valence electrons. The van der Waals surface area contributed by atoms with E-state index in [2.05, 4.69) is 24.0 Å². The molecule has 0 aliphatic heterocycles. The zero-order chi connectivity index (χ0) is 11.6. The van der Waals surface area contributed by atoms with Gasteiger partial charge in [0.1, 0.15) is 0 Å². The summed E-state index contributed by atoms with van der Waals surface area (Å²) in [7, 11) is 0. The predicted octanol–water partition coefficient (Wildman–Crippen LogP) is 3.81. The minimum atomic E-state index is 0.706. The van der Waals surface area contributed by atoms with Gasteiger partial charge in [0.2, 0.25) is 0 Å². The van der Waals surface area contributed by atoms with Crippen LogP contribution in [0.15, 0.2) is 35.3 Å². The normalized spacial score (nSPS) is 11.5. The molecule has 0 saturated heterocycles. The van der Waals surface area contributed by atoms with Crippen LogP contribution in [-0.4, -0.2) is 12.5 Å². The Morgan fingerprint density at radius 1 is 1.19 bits per heavy atom. The fourth-order valence-corrected chi connectivity index (χ4v) is 1.45. The van der Waals surface area contributed by atoms with E-state index in [0.717, 1.165) is 25.3 Å². The molecule has 0 heterocycles. The average molecular weight is 219 g/mol. The van der Waals surface area contributed by atoms with Crippen molar-refractivity contribution in [3.05, 3.63) is 35.9 Å². The average Bonchev–Trinajstić information content (AvgIpc) is 2.34. The van der Waals surface area contributed by atoms with Crippen molar-refractivity contribution in [2.24, 2.45) is 4.99 Å². The summed E-state index contributed by atoms with van der Waals surface area (Å²) in [4.78, 5) is 4.52. The first-order chi connectivity index (χ1) is 7.86. The van der Waals surface area contributed by atoms with Crippen LogP contribution in [-0.2, 0) is 11.3 Å². The lowest BCUT2D eigenvalue weighted by Gasteiger charge is -2.06. The number of unbranched alkanes of at least 4 members (excludes halogenated alkanes) is 1. The SMILES string of the molecule is CCCCC(=NCc1ccccc1)OCC. The number of rotatable bonds is 6. The van der Waals surface area contributed by atoms with Gasteiger partial charge in [-0.15, -0.1) is 0 Å². The number of benzene rings is 1. The maximum Gasteiger partial charge on any atom is 0.183 e. The maximum atomic E-state index is 5.52. The third-order valence-electron chi connectivity index (χ3n) is 2.34. The number of nitrogens with zero attached hydrogens (tertiary/aromatic N) is 1. The highest BCUT2D eigenvalue weighted by atomic mass is 16.5. The Morgan fingerprint density at radius 3 is 2.56 bits per heavy atom. The summed E-state index contributed by atoms with van der Waals surface area (Å²) in [6.45, 7) is 5.61. The van der Waals surface area contributed by atoms with Crippen LogP contribution in [0.25, 0.3) is 0 Å². The summed E-state index contributed by atoms with van der Waals surface area (Å²) < 4.78 is 5.52. The Morgan fingerprint density at radius 2 is 1.94 bits per heavy atom. The largest absolute Gasteiger partial charge is 0.481 e. The van der Waals surface area contributed by atoms with E-state index >= 15 is 0 Å². The standard InChI is InChI=1S/C14H21NO/c1-3-5-11-14(16-4-2)15-12-13-9-7-6-8-10-13/h6-10H,3-5,11-12H2,1-2H3. The smallest absolute Gasteiger partial charge is 0.183 e. The van der Waals surface area contributed by atoms with E-state index in [9.17, 15) is 0 Å². The molecule has 1 aromatic rings. The van der Waals surface area contributed by atoms with Gasteiger partial charge in [0.05, 0.1) is 13.2 Å². The molecule has 0 fully saturated rings. The van der Waals surface area contributed by atoms with Crippen molar-refractivity contribution < 1.29 is 4.74 Å². The minimum absolute atomic E-state index is 0.706. The number of ether oxygens (including phenoxy) is 1. The van der Waals surface area contributed by atoms with Gasteiger partial charge in [0, 0.05) is 6.42 Å². The van der Waals surface area contributed by atoms with Crippen molar-refractivity contribution in [1.29, 1.82) is 0 Å². The number of hydrogen-bond donors (Lipinski definition) is 0. The first kappa shape index (κ1) is 12.8. The van der Waals surface area contributed by atoms with Gasteiger partial charge in [-0.2, -0.15) is 0 Å². The van der Waals surface area contributed by atoms with Crippen LogP contribution >= 0.6 is 0 Å². The Bertz CT molecular complexity index is 306. The zero-order valence-corrected chi connectivity index (χ0v) is 10.3. The van der Waals surface area contributed by atoms with Crippen LogP contribution in [0.3, 0.4) is 0 Å². The van der Waals surface area contributed by atoms with E-state index in [4.69, 9.17) is 4.74 Å². The highest BCUT2D eigenvalue weighted by Gasteiger charge is 1.98. The van der Waals surface area contributed by atoms with E-state index < -0.39 is 0 Å². The Labute approximate surface area is 98.4 Å². The lowest BCUT2D eigenvalue weighted by atomic mass is 10.2. The van der Waals surface area contributed by atoms with Crippen molar-refractivity contribution >= 4 is 5.90 Å². The molecule has 0 N–H and O–H groups in total. The highest BCUT2D eigenvalue weighted by molar-refractivity contribution is 5.76. The number of hydrogen-bond acceptors (Lipinski definition) is 2. The van der Waals surface area contributed by atoms with Crippen LogP contribution in [0.4, 0.5) is 0 Å². The maximum absolute atomic E-state index is 5.52. The van der Waals surface area contributed by atoms with Crippen LogP contribution in [0.5, 0.6) is 0 Å². The molecule has 0 aliphatic rings. The van der Waals surface area contributed by atoms with Gasteiger partial charge in [-0.05, 0) is 18.9 Å². The summed E-state index contributed by atoms with van der Waals surface area (Å²) in [5, 5.41) is 0. The molecule has 1 aromatic carbocycles. The Kier molecular flexibility index (Phi) is 6.31. The molecule has 0 saturated carbocycles. The molecule has 16 heavy (non-hydrogen) atoms. The monoisotopic (exact) mass is 219 g/mol. The molecule has 2 nitrogen and oxygen atoms in total. The van der Waals surface area contributed by atoms with Gasteiger partial charge in [-0.1, -0.05) is 43.7 Å². The second-order valence-corrected chi connectivity index (χ2v) is 3.73. The second kappa shape index (κ2) is 7.91. The van der Waals surface area contributed by atoms with E-state index in [1.807, 2.05) is 25.1 Å². The molecule has 0 aromatic heterocycles. The quantitative estimate of drug-likeness (QED) is 0.526. The molecule has 0 unspecified atom stereocenters. The molecular weight excluding hydrogens is 198 g/mol. The van der Waals surface area contributed by atoms with E-state index in [1.54, 1.807) is 0 Å². The third kappa shape index (κ3) is 4.96. The second-order valence-electron chi connectivity index (χ2n) is 3.73.